The Morgan fingerprint density at radius 1 is 1.19 bits per heavy atom. The lowest BCUT2D eigenvalue weighted by Gasteiger charge is -2.40. The van der Waals surface area contributed by atoms with Crippen LogP contribution in [-0.4, -0.2) is 61.2 Å². The number of nitrogens with zero attached hydrogens (tertiary/aromatic N) is 1. The summed E-state index contributed by atoms with van der Waals surface area (Å²) in [6.07, 6.45) is 3.23. The third kappa shape index (κ3) is 4.01. The van der Waals surface area contributed by atoms with Crippen LogP contribution < -0.4 is 0 Å². The first kappa shape index (κ1) is 13.9. The molecule has 4 nitrogen and oxygen atoms in total. The lowest BCUT2D eigenvalue weighted by molar-refractivity contribution is 0.0221. The topological polar surface area (TPSA) is 52.9 Å². The van der Waals surface area contributed by atoms with E-state index in [1.807, 2.05) is 0 Å². The van der Waals surface area contributed by atoms with Gasteiger partial charge >= 0.3 is 0 Å². The van der Waals surface area contributed by atoms with Gasteiger partial charge in [0.1, 0.15) is 0 Å². The highest BCUT2D eigenvalue weighted by atomic mass is 16.5. The van der Waals surface area contributed by atoms with Crippen molar-refractivity contribution in [3.63, 3.8) is 0 Å². The molecule has 0 saturated carbocycles. The standard InChI is InChI=1S/C12H25NO3/c1-2-12(11-15)3-5-13(6-4-12)7-9-16-10-8-14/h14-15H,2-11H2,1H3. The van der Waals surface area contributed by atoms with Gasteiger partial charge in [-0.05, 0) is 37.8 Å². The molecule has 0 spiro atoms. The van der Waals surface area contributed by atoms with E-state index in [1.165, 1.54) is 0 Å². The van der Waals surface area contributed by atoms with Crippen molar-refractivity contribution in [2.45, 2.75) is 26.2 Å². The van der Waals surface area contributed by atoms with Crippen molar-refractivity contribution >= 4 is 0 Å². The first-order chi connectivity index (χ1) is 7.76. The zero-order valence-corrected chi connectivity index (χ0v) is 10.3. The van der Waals surface area contributed by atoms with Gasteiger partial charge in [-0.2, -0.15) is 0 Å². The molecule has 1 rings (SSSR count). The molecule has 0 unspecified atom stereocenters. The predicted octanol–water partition coefficient (Wildman–Crippen LogP) is 0.480. The Labute approximate surface area is 98.2 Å². The quantitative estimate of drug-likeness (QED) is 0.626. The number of likely N-dealkylation sites (tertiary alicyclic amines) is 1. The summed E-state index contributed by atoms with van der Waals surface area (Å²) in [4.78, 5) is 2.38. The van der Waals surface area contributed by atoms with Gasteiger partial charge in [0.15, 0.2) is 0 Å². The summed E-state index contributed by atoms with van der Waals surface area (Å²) in [6, 6.07) is 0. The zero-order chi connectivity index (χ0) is 11.9. The highest BCUT2D eigenvalue weighted by Gasteiger charge is 2.31. The maximum absolute atomic E-state index is 9.40. The molecule has 0 aromatic rings. The molecule has 0 bridgehead atoms. The fourth-order valence-electron chi connectivity index (χ4n) is 2.23. The summed E-state index contributed by atoms with van der Waals surface area (Å²) < 4.78 is 5.25. The van der Waals surface area contributed by atoms with Crippen LogP contribution in [0, 0.1) is 5.41 Å². The number of hydrogen-bond acceptors (Lipinski definition) is 4. The summed E-state index contributed by atoms with van der Waals surface area (Å²) >= 11 is 0. The number of ether oxygens (including phenoxy) is 1. The Balaban J connectivity index is 2.16. The van der Waals surface area contributed by atoms with Gasteiger partial charge in [-0.1, -0.05) is 6.92 Å². The van der Waals surface area contributed by atoms with E-state index in [0.29, 0.717) is 19.8 Å². The average Bonchev–Trinajstić information content (AvgIpc) is 2.36. The Bertz CT molecular complexity index is 173. The predicted molar refractivity (Wildman–Crippen MR) is 63.4 cm³/mol. The molecule has 16 heavy (non-hydrogen) atoms. The molecule has 4 heteroatoms. The Morgan fingerprint density at radius 3 is 2.38 bits per heavy atom. The van der Waals surface area contributed by atoms with Crippen molar-refractivity contribution in [2.24, 2.45) is 5.41 Å². The molecule has 0 aromatic heterocycles. The minimum atomic E-state index is 0.101. The van der Waals surface area contributed by atoms with Crippen molar-refractivity contribution in [2.75, 3.05) is 46.1 Å². The Morgan fingerprint density at radius 2 is 1.88 bits per heavy atom. The zero-order valence-electron chi connectivity index (χ0n) is 10.3. The fraction of sp³-hybridized carbons (Fsp3) is 1.00. The van der Waals surface area contributed by atoms with E-state index in [9.17, 15) is 5.11 Å². The smallest absolute Gasteiger partial charge is 0.0698 e. The fourth-order valence-corrected chi connectivity index (χ4v) is 2.23. The van der Waals surface area contributed by atoms with Crippen LogP contribution >= 0.6 is 0 Å². The molecule has 1 fully saturated rings. The van der Waals surface area contributed by atoms with E-state index in [0.717, 1.165) is 38.9 Å². The second kappa shape index (κ2) is 7.22. The van der Waals surface area contributed by atoms with E-state index in [1.54, 1.807) is 0 Å². The van der Waals surface area contributed by atoms with Gasteiger partial charge in [0.05, 0.1) is 19.8 Å². The molecule has 0 radical (unpaired) electrons. The van der Waals surface area contributed by atoms with E-state index in [-0.39, 0.29) is 12.0 Å². The average molecular weight is 231 g/mol. The lowest BCUT2D eigenvalue weighted by Crippen LogP contribution is -2.42. The van der Waals surface area contributed by atoms with Crippen LogP contribution in [0.5, 0.6) is 0 Å². The number of piperidine rings is 1. The summed E-state index contributed by atoms with van der Waals surface area (Å²) in [7, 11) is 0. The Kier molecular flexibility index (Phi) is 6.28. The maximum Gasteiger partial charge on any atom is 0.0698 e. The van der Waals surface area contributed by atoms with Gasteiger partial charge in [-0.3, -0.25) is 0 Å². The first-order valence-corrected chi connectivity index (χ1v) is 6.28. The Hall–Kier alpha value is -0.160. The molecule has 0 aromatic carbocycles. The molecule has 0 aliphatic carbocycles. The number of rotatable bonds is 7. The molecule has 0 amide bonds. The van der Waals surface area contributed by atoms with Crippen LogP contribution in [-0.2, 0) is 4.74 Å². The minimum Gasteiger partial charge on any atom is -0.396 e. The number of aliphatic hydroxyl groups is 2. The normalized spacial score (nSPS) is 21.2. The summed E-state index contributed by atoms with van der Waals surface area (Å²) in [5, 5.41) is 18.0. The van der Waals surface area contributed by atoms with Crippen LogP contribution in [0.3, 0.4) is 0 Å². The van der Waals surface area contributed by atoms with Crippen LogP contribution in [0.25, 0.3) is 0 Å². The van der Waals surface area contributed by atoms with Gasteiger partial charge in [0, 0.05) is 13.2 Å². The number of hydrogen-bond donors (Lipinski definition) is 2. The monoisotopic (exact) mass is 231 g/mol. The van der Waals surface area contributed by atoms with Crippen molar-refractivity contribution in [1.29, 1.82) is 0 Å². The largest absolute Gasteiger partial charge is 0.396 e. The van der Waals surface area contributed by atoms with E-state index < -0.39 is 0 Å². The molecular weight excluding hydrogens is 206 g/mol. The van der Waals surface area contributed by atoms with Crippen molar-refractivity contribution in [1.82, 2.24) is 4.90 Å². The number of aliphatic hydroxyl groups excluding tert-OH is 2. The molecule has 1 aliphatic rings. The van der Waals surface area contributed by atoms with Crippen molar-refractivity contribution in [3.05, 3.63) is 0 Å². The van der Waals surface area contributed by atoms with Crippen LogP contribution in [0.2, 0.25) is 0 Å². The van der Waals surface area contributed by atoms with E-state index in [4.69, 9.17) is 9.84 Å². The molecule has 1 saturated heterocycles. The molecule has 1 aliphatic heterocycles. The van der Waals surface area contributed by atoms with E-state index >= 15 is 0 Å². The second-order valence-corrected chi connectivity index (χ2v) is 4.69. The van der Waals surface area contributed by atoms with E-state index in [2.05, 4.69) is 11.8 Å². The summed E-state index contributed by atoms with van der Waals surface area (Å²) in [5.74, 6) is 0. The molecule has 0 atom stereocenters. The maximum atomic E-state index is 9.40. The SMILES string of the molecule is CCC1(CO)CCN(CCOCCO)CC1. The second-order valence-electron chi connectivity index (χ2n) is 4.69. The third-order valence-electron chi connectivity index (χ3n) is 3.79. The van der Waals surface area contributed by atoms with Gasteiger partial charge < -0.3 is 19.8 Å². The molecular formula is C12H25NO3. The first-order valence-electron chi connectivity index (χ1n) is 6.28. The highest BCUT2D eigenvalue weighted by Crippen LogP contribution is 2.33. The van der Waals surface area contributed by atoms with Crippen LogP contribution in [0.1, 0.15) is 26.2 Å². The van der Waals surface area contributed by atoms with Gasteiger partial charge in [0.2, 0.25) is 0 Å². The van der Waals surface area contributed by atoms with Crippen LogP contribution in [0.15, 0.2) is 0 Å². The summed E-state index contributed by atoms with van der Waals surface area (Å²) in [6.45, 7) is 6.75. The van der Waals surface area contributed by atoms with Gasteiger partial charge in [-0.15, -0.1) is 0 Å². The van der Waals surface area contributed by atoms with Crippen LogP contribution in [0.4, 0.5) is 0 Å². The van der Waals surface area contributed by atoms with Gasteiger partial charge in [-0.25, -0.2) is 0 Å². The molecule has 2 N–H and O–H groups in total. The van der Waals surface area contributed by atoms with Gasteiger partial charge in [0.25, 0.3) is 0 Å². The summed E-state index contributed by atoms with van der Waals surface area (Å²) in [5.41, 5.74) is 0.169. The van der Waals surface area contributed by atoms with Crippen molar-refractivity contribution < 1.29 is 14.9 Å². The minimum absolute atomic E-state index is 0.101. The molecule has 1 heterocycles. The highest BCUT2D eigenvalue weighted by molar-refractivity contribution is 4.84. The lowest BCUT2D eigenvalue weighted by atomic mass is 9.77. The van der Waals surface area contributed by atoms with Crippen molar-refractivity contribution in [3.8, 4) is 0 Å². The third-order valence-corrected chi connectivity index (χ3v) is 3.79. The molecule has 96 valence electrons.